The van der Waals surface area contributed by atoms with Crippen molar-refractivity contribution in [1.29, 1.82) is 0 Å². The minimum atomic E-state index is 0.181. The molecule has 0 atom stereocenters. The summed E-state index contributed by atoms with van der Waals surface area (Å²) in [6.07, 6.45) is 1.75. The van der Waals surface area contributed by atoms with Crippen LogP contribution in [0, 0.1) is 0 Å². The Labute approximate surface area is 119 Å². The second-order valence-corrected chi connectivity index (χ2v) is 5.22. The van der Waals surface area contributed by atoms with E-state index in [2.05, 4.69) is 4.90 Å². The van der Waals surface area contributed by atoms with Crippen LogP contribution in [0.4, 0.5) is 5.69 Å². The Bertz CT molecular complexity index is 447. The lowest BCUT2D eigenvalue weighted by molar-refractivity contribution is -0.118. The maximum atomic E-state index is 11.9. The van der Waals surface area contributed by atoms with Gasteiger partial charge in [-0.3, -0.25) is 4.79 Å². The van der Waals surface area contributed by atoms with Gasteiger partial charge in [-0.1, -0.05) is 11.6 Å². The molecule has 0 amide bonds. The summed E-state index contributed by atoms with van der Waals surface area (Å²) in [7, 11) is 5.54. The number of ketones is 1. The van der Waals surface area contributed by atoms with Crippen molar-refractivity contribution >= 4 is 23.1 Å². The number of rotatable bonds is 7. The van der Waals surface area contributed by atoms with E-state index in [1.54, 1.807) is 19.2 Å². The molecule has 0 spiro atoms. The molecule has 106 valence electrons. The van der Waals surface area contributed by atoms with Crippen LogP contribution in [0.1, 0.15) is 18.4 Å². The fourth-order valence-electron chi connectivity index (χ4n) is 1.83. The van der Waals surface area contributed by atoms with Gasteiger partial charge in [0.2, 0.25) is 0 Å². The summed E-state index contributed by atoms with van der Waals surface area (Å²) >= 11 is 5.97. The standard InChI is InChI=1S/C14H21ClN2O2/c1-17(2)6-4-5-11(18)7-10-8-12(15)13(16)9-14(10)19-3/h8-9H,4-7,16H2,1-3H3. The van der Waals surface area contributed by atoms with Crippen molar-refractivity contribution in [3.8, 4) is 5.75 Å². The molecule has 0 saturated carbocycles. The van der Waals surface area contributed by atoms with Gasteiger partial charge in [-0.05, 0) is 33.1 Å². The number of ether oxygens (including phenoxy) is 1. The van der Waals surface area contributed by atoms with Gasteiger partial charge in [0, 0.05) is 24.5 Å². The highest BCUT2D eigenvalue weighted by atomic mass is 35.5. The van der Waals surface area contributed by atoms with Crippen molar-refractivity contribution in [2.24, 2.45) is 0 Å². The zero-order chi connectivity index (χ0) is 14.4. The van der Waals surface area contributed by atoms with Crippen molar-refractivity contribution in [2.45, 2.75) is 19.3 Å². The van der Waals surface area contributed by atoms with Crippen LogP contribution in [0.25, 0.3) is 0 Å². The molecule has 0 unspecified atom stereocenters. The van der Waals surface area contributed by atoms with E-state index in [9.17, 15) is 4.79 Å². The predicted molar refractivity (Wildman–Crippen MR) is 78.9 cm³/mol. The molecule has 5 heteroatoms. The number of Topliss-reactive ketones (excluding diaryl/α,β-unsaturated/α-hetero) is 1. The summed E-state index contributed by atoms with van der Waals surface area (Å²) in [6, 6.07) is 3.37. The van der Waals surface area contributed by atoms with E-state index in [4.69, 9.17) is 22.1 Å². The van der Waals surface area contributed by atoms with Crippen LogP contribution in [0.3, 0.4) is 0 Å². The first-order chi connectivity index (χ1) is 8.93. The van der Waals surface area contributed by atoms with Crippen molar-refractivity contribution in [1.82, 2.24) is 4.90 Å². The second-order valence-electron chi connectivity index (χ2n) is 4.81. The number of hydrogen-bond donors (Lipinski definition) is 1. The van der Waals surface area contributed by atoms with Crippen LogP contribution in [0.5, 0.6) is 5.75 Å². The quantitative estimate of drug-likeness (QED) is 0.781. The zero-order valence-corrected chi connectivity index (χ0v) is 12.5. The number of nitrogen functional groups attached to an aromatic ring is 1. The van der Waals surface area contributed by atoms with Crippen LogP contribution < -0.4 is 10.5 Å². The molecule has 0 aromatic heterocycles. The van der Waals surface area contributed by atoms with Gasteiger partial charge in [-0.2, -0.15) is 0 Å². The number of nitrogens with two attached hydrogens (primary N) is 1. The lowest BCUT2D eigenvalue weighted by Gasteiger charge is -2.11. The molecular weight excluding hydrogens is 264 g/mol. The van der Waals surface area contributed by atoms with Crippen molar-refractivity contribution < 1.29 is 9.53 Å². The third-order valence-corrected chi connectivity index (χ3v) is 3.18. The van der Waals surface area contributed by atoms with Crippen LogP contribution in [0.2, 0.25) is 5.02 Å². The van der Waals surface area contributed by atoms with Crippen LogP contribution in [-0.4, -0.2) is 38.4 Å². The molecule has 0 heterocycles. The molecule has 0 fully saturated rings. The largest absolute Gasteiger partial charge is 0.496 e. The Balaban J connectivity index is 2.65. The van der Waals surface area contributed by atoms with Gasteiger partial charge in [0.05, 0.1) is 17.8 Å². The van der Waals surface area contributed by atoms with Gasteiger partial charge in [-0.25, -0.2) is 0 Å². The molecule has 0 bridgehead atoms. The molecule has 4 nitrogen and oxygen atoms in total. The molecule has 0 aliphatic rings. The van der Waals surface area contributed by atoms with Crippen LogP contribution in [-0.2, 0) is 11.2 Å². The number of benzene rings is 1. The third-order valence-electron chi connectivity index (χ3n) is 2.85. The number of nitrogens with zero attached hydrogens (tertiary/aromatic N) is 1. The number of carbonyl (C=O) groups excluding carboxylic acids is 1. The first-order valence-electron chi connectivity index (χ1n) is 6.22. The molecule has 0 radical (unpaired) electrons. The van der Waals surface area contributed by atoms with Gasteiger partial charge in [0.15, 0.2) is 0 Å². The molecule has 0 aliphatic heterocycles. The van der Waals surface area contributed by atoms with Gasteiger partial charge in [0.1, 0.15) is 11.5 Å². The zero-order valence-electron chi connectivity index (χ0n) is 11.7. The van der Waals surface area contributed by atoms with E-state index < -0.39 is 0 Å². The fraction of sp³-hybridized carbons (Fsp3) is 0.500. The van der Waals surface area contributed by atoms with E-state index in [1.807, 2.05) is 14.1 Å². The third kappa shape index (κ3) is 5.09. The smallest absolute Gasteiger partial charge is 0.137 e. The summed E-state index contributed by atoms with van der Waals surface area (Å²) in [5.74, 6) is 0.795. The normalized spacial score (nSPS) is 10.8. The highest BCUT2D eigenvalue weighted by Crippen LogP contribution is 2.29. The van der Waals surface area contributed by atoms with Crippen LogP contribution >= 0.6 is 11.6 Å². The Hall–Kier alpha value is -1.26. The maximum absolute atomic E-state index is 11.9. The molecule has 1 rings (SSSR count). The van der Waals surface area contributed by atoms with E-state index in [-0.39, 0.29) is 5.78 Å². The minimum absolute atomic E-state index is 0.181. The molecule has 1 aromatic carbocycles. The summed E-state index contributed by atoms with van der Waals surface area (Å²) < 4.78 is 5.23. The molecule has 0 saturated heterocycles. The van der Waals surface area contributed by atoms with E-state index >= 15 is 0 Å². The average molecular weight is 285 g/mol. The highest BCUT2D eigenvalue weighted by Gasteiger charge is 2.11. The van der Waals surface area contributed by atoms with E-state index in [0.717, 1.165) is 18.5 Å². The van der Waals surface area contributed by atoms with Gasteiger partial charge >= 0.3 is 0 Å². The lowest BCUT2D eigenvalue weighted by atomic mass is 10.0. The van der Waals surface area contributed by atoms with Crippen molar-refractivity contribution in [2.75, 3.05) is 33.5 Å². The van der Waals surface area contributed by atoms with E-state index in [0.29, 0.717) is 29.3 Å². The maximum Gasteiger partial charge on any atom is 0.137 e. The molecule has 19 heavy (non-hydrogen) atoms. The Morgan fingerprint density at radius 2 is 2.11 bits per heavy atom. The first-order valence-corrected chi connectivity index (χ1v) is 6.60. The lowest BCUT2D eigenvalue weighted by Crippen LogP contribution is -2.15. The molecule has 2 N–H and O–H groups in total. The Morgan fingerprint density at radius 3 is 2.68 bits per heavy atom. The Kier molecular flexibility index (Phi) is 6.12. The van der Waals surface area contributed by atoms with Crippen LogP contribution in [0.15, 0.2) is 12.1 Å². The highest BCUT2D eigenvalue weighted by molar-refractivity contribution is 6.33. The average Bonchev–Trinajstić information content (AvgIpc) is 2.33. The fourth-order valence-corrected chi connectivity index (χ4v) is 2.02. The first kappa shape index (κ1) is 15.8. The number of halogens is 1. The van der Waals surface area contributed by atoms with Crippen molar-refractivity contribution in [3.05, 3.63) is 22.7 Å². The SMILES string of the molecule is COc1cc(N)c(Cl)cc1CC(=O)CCCN(C)C. The monoisotopic (exact) mass is 284 g/mol. The second kappa shape index (κ2) is 7.36. The molecular formula is C14H21ClN2O2. The predicted octanol–water partition coefficient (Wildman–Crippen LogP) is 2.38. The number of hydrogen-bond acceptors (Lipinski definition) is 4. The summed E-state index contributed by atoms with van der Waals surface area (Å²) in [4.78, 5) is 14.0. The van der Waals surface area contributed by atoms with Gasteiger partial charge < -0.3 is 15.4 Å². The summed E-state index contributed by atoms with van der Waals surface area (Å²) in [6.45, 7) is 0.908. The summed E-state index contributed by atoms with van der Waals surface area (Å²) in [5, 5.41) is 0.455. The number of carbonyl (C=O) groups is 1. The summed E-state index contributed by atoms with van der Waals surface area (Å²) in [5.41, 5.74) is 6.96. The van der Waals surface area contributed by atoms with Gasteiger partial charge in [0.25, 0.3) is 0 Å². The van der Waals surface area contributed by atoms with Crippen molar-refractivity contribution in [3.63, 3.8) is 0 Å². The minimum Gasteiger partial charge on any atom is -0.496 e. The number of methoxy groups -OCH3 is 1. The van der Waals surface area contributed by atoms with Gasteiger partial charge in [-0.15, -0.1) is 0 Å². The Morgan fingerprint density at radius 1 is 1.42 bits per heavy atom. The number of anilines is 1. The topological polar surface area (TPSA) is 55.6 Å². The molecule has 0 aliphatic carbocycles. The van der Waals surface area contributed by atoms with E-state index in [1.165, 1.54) is 0 Å². The molecule has 1 aromatic rings.